The molecule has 1 heterocycles. The lowest BCUT2D eigenvalue weighted by Crippen LogP contribution is -2.34. The maximum atomic E-state index is 5.81. The summed E-state index contributed by atoms with van der Waals surface area (Å²) in [6, 6.07) is 8.51. The molecule has 4 heteroatoms. The molecule has 2 rings (SSSR count). The van der Waals surface area contributed by atoms with Gasteiger partial charge in [0.2, 0.25) is 0 Å². The highest BCUT2D eigenvalue weighted by Crippen LogP contribution is 2.17. The molecule has 0 aliphatic carbocycles. The van der Waals surface area contributed by atoms with E-state index < -0.39 is 0 Å². The van der Waals surface area contributed by atoms with Gasteiger partial charge in [-0.15, -0.1) is 0 Å². The van der Waals surface area contributed by atoms with Gasteiger partial charge in [-0.3, -0.25) is 0 Å². The third kappa shape index (κ3) is 3.78. The second kappa shape index (κ2) is 6.50. The van der Waals surface area contributed by atoms with Crippen molar-refractivity contribution in [3.05, 3.63) is 34.3 Å². The Morgan fingerprint density at radius 3 is 2.76 bits per heavy atom. The predicted octanol–water partition coefficient (Wildman–Crippen LogP) is 2.22. The summed E-state index contributed by atoms with van der Waals surface area (Å²) in [7, 11) is 0. The van der Waals surface area contributed by atoms with Gasteiger partial charge in [0.05, 0.1) is 6.10 Å². The summed E-state index contributed by atoms with van der Waals surface area (Å²) >= 11 is 3.44. The van der Waals surface area contributed by atoms with Gasteiger partial charge in [0.15, 0.2) is 0 Å². The minimum absolute atomic E-state index is 0.215. The topological polar surface area (TPSA) is 47.3 Å². The molecular weight excluding hydrogens is 280 g/mol. The Labute approximate surface area is 111 Å². The summed E-state index contributed by atoms with van der Waals surface area (Å²) in [5, 5.41) is 3.48. The third-order valence-corrected chi connectivity index (χ3v) is 3.65. The first kappa shape index (κ1) is 13.0. The normalized spacial score (nSPS) is 21.6. The van der Waals surface area contributed by atoms with Gasteiger partial charge in [0.25, 0.3) is 0 Å². The number of ether oxygens (including phenoxy) is 1. The van der Waals surface area contributed by atoms with Crippen molar-refractivity contribution >= 4 is 15.9 Å². The Bertz CT molecular complexity index is 336. The highest BCUT2D eigenvalue weighted by molar-refractivity contribution is 9.10. The van der Waals surface area contributed by atoms with E-state index >= 15 is 0 Å². The zero-order valence-electron chi connectivity index (χ0n) is 9.86. The van der Waals surface area contributed by atoms with Crippen molar-refractivity contribution in [2.24, 2.45) is 5.73 Å². The van der Waals surface area contributed by atoms with Crippen molar-refractivity contribution < 1.29 is 4.74 Å². The van der Waals surface area contributed by atoms with Crippen LogP contribution in [0.25, 0.3) is 0 Å². The van der Waals surface area contributed by atoms with Gasteiger partial charge in [-0.2, -0.15) is 0 Å². The first-order chi connectivity index (χ1) is 8.29. The van der Waals surface area contributed by atoms with E-state index in [0.717, 1.165) is 24.0 Å². The molecule has 1 aliphatic rings. The van der Waals surface area contributed by atoms with Crippen LogP contribution in [0, 0.1) is 0 Å². The van der Waals surface area contributed by atoms with Crippen molar-refractivity contribution in [3.8, 4) is 0 Å². The highest BCUT2D eigenvalue weighted by atomic mass is 79.9. The van der Waals surface area contributed by atoms with E-state index in [2.05, 4.69) is 33.4 Å². The summed E-state index contributed by atoms with van der Waals surface area (Å²) in [5.41, 5.74) is 7.04. The maximum absolute atomic E-state index is 5.81. The summed E-state index contributed by atoms with van der Waals surface area (Å²) < 4.78 is 6.69. The van der Waals surface area contributed by atoms with E-state index in [-0.39, 0.29) is 6.04 Å². The molecule has 0 saturated carbocycles. The van der Waals surface area contributed by atoms with Crippen LogP contribution >= 0.6 is 15.9 Å². The predicted molar refractivity (Wildman–Crippen MR) is 72.9 cm³/mol. The molecule has 1 aromatic carbocycles. The van der Waals surface area contributed by atoms with Gasteiger partial charge >= 0.3 is 0 Å². The van der Waals surface area contributed by atoms with Gasteiger partial charge in [-0.05, 0) is 30.5 Å². The fourth-order valence-electron chi connectivity index (χ4n) is 2.11. The molecule has 1 saturated heterocycles. The first-order valence-electron chi connectivity index (χ1n) is 6.10. The zero-order valence-corrected chi connectivity index (χ0v) is 11.4. The van der Waals surface area contributed by atoms with Crippen molar-refractivity contribution in [1.29, 1.82) is 0 Å². The number of hydrogen-bond donors (Lipinski definition) is 2. The Hall–Kier alpha value is -0.420. The second-order valence-corrected chi connectivity index (χ2v) is 5.30. The van der Waals surface area contributed by atoms with Crippen LogP contribution < -0.4 is 11.1 Å². The molecule has 1 aliphatic heterocycles. The minimum Gasteiger partial charge on any atom is -0.377 e. The summed E-state index contributed by atoms with van der Waals surface area (Å²) in [5.74, 6) is 0. The van der Waals surface area contributed by atoms with E-state index in [4.69, 9.17) is 10.5 Å². The molecule has 0 aromatic heterocycles. The van der Waals surface area contributed by atoms with Crippen LogP contribution in [0.4, 0.5) is 0 Å². The first-order valence-corrected chi connectivity index (χ1v) is 6.89. The molecule has 0 spiro atoms. The third-order valence-electron chi connectivity index (χ3n) is 3.12. The molecular formula is C13H19BrN2O. The van der Waals surface area contributed by atoms with Crippen molar-refractivity contribution in [3.63, 3.8) is 0 Å². The fourth-order valence-corrected chi connectivity index (χ4v) is 2.38. The molecule has 94 valence electrons. The average Bonchev–Trinajstić information content (AvgIpc) is 2.85. The maximum Gasteiger partial charge on any atom is 0.0700 e. The van der Waals surface area contributed by atoms with Crippen LogP contribution in [0.15, 0.2) is 28.7 Å². The molecule has 1 aromatic rings. The number of rotatable bonds is 5. The highest BCUT2D eigenvalue weighted by Gasteiger charge is 2.17. The molecule has 2 atom stereocenters. The molecule has 1 fully saturated rings. The largest absolute Gasteiger partial charge is 0.377 e. The van der Waals surface area contributed by atoms with E-state index in [1.165, 1.54) is 12.0 Å². The molecule has 3 nitrogen and oxygen atoms in total. The monoisotopic (exact) mass is 298 g/mol. The van der Waals surface area contributed by atoms with Crippen molar-refractivity contribution in [2.45, 2.75) is 25.0 Å². The number of nitrogens with two attached hydrogens (primary N) is 1. The minimum atomic E-state index is 0.215. The quantitative estimate of drug-likeness (QED) is 0.876. The second-order valence-electron chi connectivity index (χ2n) is 4.38. The summed E-state index contributed by atoms with van der Waals surface area (Å²) in [6.07, 6.45) is 2.70. The molecule has 0 bridgehead atoms. The molecule has 3 N–H and O–H groups in total. The Balaban J connectivity index is 1.89. The average molecular weight is 299 g/mol. The Kier molecular flexibility index (Phi) is 4.98. The molecule has 0 amide bonds. The van der Waals surface area contributed by atoms with E-state index in [9.17, 15) is 0 Å². The van der Waals surface area contributed by atoms with Crippen LogP contribution in [-0.2, 0) is 4.74 Å². The zero-order chi connectivity index (χ0) is 12.1. The van der Waals surface area contributed by atoms with Crippen LogP contribution in [0.2, 0.25) is 0 Å². The molecule has 0 radical (unpaired) electrons. The van der Waals surface area contributed by atoms with Gasteiger partial charge in [0, 0.05) is 30.2 Å². The summed E-state index contributed by atoms with van der Waals surface area (Å²) in [4.78, 5) is 0. The van der Waals surface area contributed by atoms with Crippen molar-refractivity contribution in [1.82, 2.24) is 5.32 Å². The van der Waals surface area contributed by atoms with E-state index in [1.54, 1.807) is 0 Å². The van der Waals surface area contributed by atoms with Crippen molar-refractivity contribution in [2.75, 3.05) is 19.7 Å². The smallest absolute Gasteiger partial charge is 0.0700 e. The number of halogens is 1. The molecule has 2 unspecified atom stereocenters. The van der Waals surface area contributed by atoms with Gasteiger partial charge < -0.3 is 15.8 Å². The number of hydrogen-bond acceptors (Lipinski definition) is 3. The van der Waals surface area contributed by atoms with Crippen LogP contribution in [0.3, 0.4) is 0 Å². The van der Waals surface area contributed by atoms with Gasteiger partial charge in [0.1, 0.15) is 0 Å². The van der Waals surface area contributed by atoms with Crippen LogP contribution in [0.5, 0.6) is 0 Å². The standard InChI is InChI=1S/C13H19BrN2O/c14-11-5-3-10(4-6-11)13(8-15)16-9-12-2-1-7-17-12/h3-6,12-13,16H,1-2,7-9,15H2. The van der Waals surface area contributed by atoms with E-state index in [0.29, 0.717) is 12.6 Å². The number of nitrogens with one attached hydrogen (secondary N) is 1. The Morgan fingerprint density at radius 2 is 2.18 bits per heavy atom. The van der Waals surface area contributed by atoms with Crippen LogP contribution in [-0.4, -0.2) is 25.8 Å². The lowest BCUT2D eigenvalue weighted by molar-refractivity contribution is 0.107. The van der Waals surface area contributed by atoms with Gasteiger partial charge in [-0.1, -0.05) is 28.1 Å². The fraction of sp³-hybridized carbons (Fsp3) is 0.538. The molecule has 17 heavy (non-hydrogen) atoms. The lowest BCUT2D eigenvalue weighted by Gasteiger charge is -2.19. The van der Waals surface area contributed by atoms with Crippen LogP contribution in [0.1, 0.15) is 24.4 Å². The number of benzene rings is 1. The van der Waals surface area contributed by atoms with Gasteiger partial charge in [-0.25, -0.2) is 0 Å². The Morgan fingerprint density at radius 1 is 1.41 bits per heavy atom. The SMILES string of the molecule is NCC(NCC1CCCO1)c1ccc(Br)cc1. The summed E-state index contributed by atoms with van der Waals surface area (Å²) in [6.45, 7) is 2.39. The van der Waals surface area contributed by atoms with E-state index in [1.807, 2.05) is 12.1 Å². The lowest BCUT2D eigenvalue weighted by atomic mass is 10.1.